The predicted octanol–water partition coefficient (Wildman–Crippen LogP) is 3.13. The summed E-state index contributed by atoms with van der Waals surface area (Å²) in [5.41, 5.74) is 2.78. The number of pyridine rings is 1. The lowest BCUT2D eigenvalue weighted by Crippen LogP contribution is -2.51. The average Bonchev–Trinajstić information content (AvgIpc) is 3.22. The molecular weight excluding hydrogens is 461 g/mol. The first-order valence-corrected chi connectivity index (χ1v) is 12.4. The van der Waals surface area contributed by atoms with E-state index in [0.29, 0.717) is 35.5 Å². The van der Waals surface area contributed by atoms with E-state index in [9.17, 15) is 18.8 Å². The number of halogens is 1. The highest BCUT2D eigenvalue weighted by Crippen LogP contribution is 2.29. The number of carbonyl (C=O) groups excluding carboxylic acids is 3. The summed E-state index contributed by atoms with van der Waals surface area (Å²) >= 11 is 0. The van der Waals surface area contributed by atoms with Gasteiger partial charge in [-0.15, -0.1) is 0 Å². The molecule has 3 heterocycles. The Balaban J connectivity index is 1.39. The topological polar surface area (TPSA) is 85.8 Å². The number of anilines is 1. The van der Waals surface area contributed by atoms with Crippen molar-refractivity contribution >= 4 is 23.5 Å². The first-order chi connectivity index (χ1) is 17.1. The van der Waals surface area contributed by atoms with E-state index in [2.05, 4.69) is 15.2 Å². The van der Waals surface area contributed by atoms with Crippen LogP contribution in [0.3, 0.4) is 0 Å². The Hall–Kier alpha value is -3.33. The zero-order chi connectivity index (χ0) is 26.0. The van der Waals surface area contributed by atoms with Gasteiger partial charge in [-0.2, -0.15) is 0 Å². The van der Waals surface area contributed by atoms with Crippen LogP contribution in [0.15, 0.2) is 30.3 Å². The first kappa shape index (κ1) is 25.8. The summed E-state index contributed by atoms with van der Waals surface area (Å²) in [5.74, 6) is -0.323. The molecule has 3 amide bonds. The van der Waals surface area contributed by atoms with E-state index in [-0.39, 0.29) is 29.6 Å². The summed E-state index contributed by atoms with van der Waals surface area (Å²) in [6, 6.07) is 7.90. The number of hydrogen-bond acceptors (Lipinski definition) is 5. The number of piperidine rings is 1. The maximum absolute atomic E-state index is 13.6. The van der Waals surface area contributed by atoms with Crippen molar-refractivity contribution in [2.75, 3.05) is 32.5 Å². The second-order valence-corrected chi connectivity index (χ2v) is 10.0. The van der Waals surface area contributed by atoms with Crippen LogP contribution in [0.4, 0.5) is 10.2 Å². The van der Waals surface area contributed by atoms with Crippen molar-refractivity contribution in [3.05, 3.63) is 58.5 Å². The fraction of sp³-hybridized carbons (Fsp3) is 0.481. The second-order valence-electron chi connectivity index (χ2n) is 10.0. The second kappa shape index (κ2) is 10.7. The van der Waals surface area contributed by atoms with Crippen LogP contribution < -0.4 is 5.32 Å². The van der Waals surface area contributed by atoms with E-state index in [4.69, 9.17) is 0 Å². The number of benzene rings is 1. The SMILES string of the molecule is Cc1cc(C(=O)N(C)C)cc(NC(=O)C2CCC(=O)N2C2CCN(Cc3ccc(F)c(C)c3)CC2)n1. The molecule has 0 saturated carbocycles. The Kier molecular flexibility index (Phi) is 7.68. The zero-order valence-electron chi connectivity index (χ0n) is 21.4. The molecule has 2 fully saturated rings. The predicted molar refractivity (Wildman–Crippen MR) is 135 cm³/mol. The first-order valence-electron chi connectivity index (χ1n) is 12.4. The lowest BCUT2D eigenvalue weighted by molar-refractivity contribution is -0.136. The maximum atomic E-state index is 13.6. The number of rotatable bonds is 6. The monoisotopic (exact) mass is 495 g/mol. The van der Waals surface area contributed by atoms with Crippen LogP contribution >= 0.6 is 0 Å². The molecule has 2 aromatic rings. The molecular formula is C27H34FN5O3. The van der Waals surface area contributed by atoms with Gasteiger partial charge < -0.3 is 15.1 Å². The van der Waals surface area contributed by atoms with Crippen LogP contribution in [0.25, 0.3) is 0 Å². The van der Waals surface area contributed by atoms with Crippen LogP contribution in [0, 0.1) is 19.7 Å². The maximum Gasteiger partial charge on any atom is 0.253 e. The number of aromatic nitrogens is 1. The summed E-state index contributed by atoms with van der Waals surface area (Å²) in [4.78, 5) is 48.3. The molecule has 4 rings (SSSR count). The quantitative estimate of drug-likeness (QED) is 0.666. The third kappa shape index (κ3) is 5.73. The number of nitrogens with zero attached hydrogens (tertiary/aromatic N) is 4. The van der Waals surface area contributed by atoms with Gasteiger partial charge in [0.25, 0.3) is 5.91 Å². The van der Waals surface area contributed by atoms with Gasteiger partial charge in [-0.3, -0.25) is 19.3 Å². The molecule has 0 bridgehead atoms. The molecule has 2 saturated heterocycles. The molecule has 0 spiro atoms. The Morgan fingerprint density at radius 1 is 1.11 bits per heavy atom. The normalized spacial score (nSPS) is 19.0. The van der Waals surface area contributed by atoms with E-state index >= 15 is 0 Å². The summed E-state index contributed by atoms with van der Waals surface area (Å²) in [6.45, 7) is 5.87. The molecule has 9 heteroatoms. The van der Waals surface area contributed by atoms with Crippen molar-refractivity contribution in [1.82, 2.24) is 19.7 Å². The highest BCUT2D eigenvalue weighted by molar-refractivity contribution is 6.00. The van der Waals surface area contributed by atoms with Gasteiger partial charge in [-0.1, -0.05) is 12.1 Å². The van der Waals surface area contributed by atoms with Gasteiger partial charge in [-0.25, -0.2) is 9.37 Å². The highest BCUT2D eigenvalue weighted by Gasteiger charge is 2.41. The summed E-state index contributed by atoms with van der Waals surface area (Å²) in [6.07, 6.45) is 2.37. The summed E-state index contributed by atoms with van der Waals surface area (Å²) in [7, 11) is 3.34. The Morgan fingerprint density at radius 2 is 1.83 bits per heavy atom. The lowest BCUT2D eigenvalue weighted by atomic mass is 10.0. The largest absolute Gasteiger partial charge is 0.345 e. The number of hydrogen-bond donors (Lipinski definition) is 1. The van der Waals surface area contributed by atoms with Gasteiger partial charge in [0.05, 0.1) is 0 Å². The van der Waals surface area contributed by atoms with Gasteiger partial charge in [0.2, 0.25) is 11.8 Å². The zero-order valence-corrected chi connectivity index (χ0v) is 21.4. The minimum absolute atomic E-state index is 0.00157. The van der Waals surface area contributed by atoms with Crippen LogP contribution in [0.2, 0.25) is 0 Å². The average molecular weight is 496 g/mol. The van der Waals surface area contributed by atoms with Crippen molar-refractivity contribution < 1.29 is 18.8 Å². The minimum Gasteiger partial charge on any atom is -0.345 e. The van der Waals surface area contributed by atoms with E-state index in [1.807, 2.05) is 12.1 Å². The molecule has 8 nitrogen and oxygen atoms in total. The molecule has 1 unspecified atom stereocenters. The van der Waals surface area contributed by atoms with Crippen molar-refractivity contribution in [3.63, 3.8) is 0 Å². The van der Waals surface area contributed by atoms with Gasteiger partial charge in [0.15, 0.2) is 0 Å². The van der Waals surface area contributed by atoms with E-state index in [1.54, 1.807) is 45.0 Å². The highest BCUT2D eigenvalue weighted by atomic mass is 19.1. The minimum atomic E-state index is -0.552. The van der Waals surface area contributed by atoms with E-state index < -0.39 is 6.04 Å². The smallest absolute Gasteiger partial charge is 0.253 e. The third-order valence-corrected chi connectivity index (χ3v) is 6.99. The van der Waals surface area contributed by atoms with E-state index in [0.717, 1.165) is 38.0 Å². The molecule has 2 aliphatic heterocycles. The van der Waals surface area contributed by atoms with Crippen LogP contribution in [-0.4, -0.2) is 76.7 Å². The Labute approximate surface area is 211 Å². The van der Waals surface area contributed by atoms with Crippen molar-refractivity contribution in [1.29, 1.82) is 0 Å². The van der Waals surface area contributed by atoms with Gasteiger partial charge in [-0.05, 0) is 62.4 Å². The van der Waals surface area contributed by atoms with Crippen LogP contribution in [0.1, 0.15) is 52.9 Å². The Bertz CT molecular complexity index is 1160. The molecule has 2 aliphatic rings. The standard InChI is InChI=1S/C27H34FN5O3/c1-17-13-19(5-6-22(17)28)16-32-11-9-21(10-12-32)33-23(7-8-25(33)34)26(35)30-24-15-20(14-18(2)29-24)27(36)31(3)4/h5-6,13-15,21,23H,7-12,16H2,1-4H3,(H,29,30,35). The van der Waals surface area contributed by atoms with Crippen molar-refractivity contribution in [2.45, 2.75) is 58.2 Å². The molecule has 0 aliphatic carbocycles. The van der Waals surface area contributed by atoms with Gasteiger partial charge in [0, 0.05) is 57.4 Å². The summed E-state index contributed by atoms with van der Waals surface area (Å²) in [5, 5.41) is 2.84. The Morgan fingerprint density at radius 3 is 2.50 bits per heavy atom. The van der Waals surface area contributed by atoms with E-state index in [1.165, 1.54) is 11.0 Å². The van der Waals surface area contributed by atoms with Crippen LogP contribution in [-0.2, 0) is 16.1 Å². The fourth-order valence-electron chi connectivity index (χ4n) is 5.16. The number of nitrogens with one attached hydrogen (secondary N) is 1. The number of likely N-dealkylation sites (tertiary alicyclic amines) is 2. The lowest BCUT2D eigenvalue weighted by Gasteiger charge is -2.39. The third-order valence-electron chi connectivity index (χ3n) is 6.99. The molecule has 1 N–H and O–H groups in total. The fourth-order valence-corrected chi connectivity index (χ4v) is 5.16. The number of aryl methyl sites for hydroxylation is 2. The molecule has 36 heavy (non-hydrogen) atoms. The van der Waals surface area contributed by atoms with Gasteiger partial charge >= 0.3 is 0 Å². The number of carbonyl (C=O) groups is 3. The summed E-state index contributed by atoms with van der Waals surface area (Å²) < 4.78 is 13.6. The molecule has 0 radical (unpaired) electrons. The molecule has 1 aromatic carbocycles. The molecule has 1 aromatic heterocycles. The van der Waals surface area contributed by atoms with Crippen molar-refractivity contribution in [2.24, 2.45) is 0 Å². The van der Waals surface area contributed by atoms with Crippen molar-refractivity contribution in [3.8, 4) is 0 Å². The molecule has 1 atom stereocenters. The van der Waals surface area contributed by atoms with Crippen LogP contribution in [0.5, 0.6) is 0 Å². The molecule has 192 valence electrons. The number of amides is 3. The van der Waals surface area contributed by atoms with Gasteiger partial charge in [0.1, 0.15) is 17.7 Å².